The molecule has 112 valence electrons. The van der Waals surface area contributed by atoms with Gasteiger partial charge in [-0.3, -0.25) is 4.79 Å². The number of likely N-dealkylation sites (N-methyl/N-ethyl adjacent to an activating group) is 2. The topological polar surface area (TPSA) is 61.6 Å². The summed E-state index contributed by atoms with van der Waals surface area (Å²) < 4.78 is 0. The van der Waals surface area contributed by atoms with Crippen LogP contribution < -0.4 is 11.1 Å². The van der Waals surface area contributed by atoms with Crippen LogP contribution in [0.3, 0.4) is 0 Å². The van der Waals surface area contributed by atoms with Gasteiger partial charge in [0.25, 0.3) is 0 Å². The van der Waals surface area contributed by atoms with Crippen LogP contribution in [0.15, 0.2) is 0 Å². The summed E-state index contributed by atoms with van der Waals surface area (Å²) in [5.41, 5.74) is 5.00. The van der Waals surface area contributed by atoms with E-state index in [1.807, 2.05) is 6.92 Å². The Labute approximate surface area is 117 Å². The molecule has 0 aromatic heterocycles. The predicted molar refractivity (Wildman–Crippen MR) is 79.0 cm³/mol. The first-order valence-corrected chi connectivity index (χ1v) is 7.24. The van der Waals surface area contributed by atoms with Crippen LogP contribution in [0.5, 0.6) is 0 Å². The van der Waals surface area contributed by atoms with Crippen molar-refractivity contribution >= 4 is 5.91 Å². The fourth-order valence-corrected chi connectivity index (χ4v) is 2.13. The summed E-state index contributed by atoms with van der Waals surface area (Å²) in [5, 5.41) is 3.39. The Balaban J connectivity index is 2.25. The Morgan fingerprint density at radius 1 is 1.26 bits per heavy atom. The molecule has 1 rings (SSSR count). The first-order chi connectivity index (χ1) is 8.83. The molecular weight excluding hydrogens is 240 g/mol. The summed E-state index contributed by atoms with van der Waals surface area (Å²) in [6.45, 7) is 5.05. The highest BCUT2D eigenvalue weighted by atomic mass is 16.1. The Hall–Kier alpha value is -0.650. The number of nitrogens with two attached hydrogens (primary N) is 1. The second-order valence-electron chi connectivity index (χ2n) is 6.33. The molecule has 1 saturated carbocycles. The molecule has 1 amide bonds. The predicted octanol–water partition coefficient (Wildman–Crippen LogP) is 0.256. The van der Waals surface area contributed by atoms with Gasteiger partial charge in [0.2, 0.25) is 5.91 Å². The van der Waals surface area contributed by atoms with Crippen molar-refractivity contribution in [2.45, 2.75) is 44.2 Å². The second-order valence-corrected chi connectivity index (χ2v) is 6.33. The van der Waals surface area contributed by atoms with Crippen LogP contribution in [0, 0.1) is 0 Å². The van der Waals surface area contributed by atoms with Crippen molar-refractivity contribution in [3.8, 4) is 0 Å². The minimum Gasteiger partial charge on any atom is -0.368 e. The van der Waals surface area contributed by atoms with Crippen molar-refractivity contribution in [2.24, 2.45) is 5.73 Å². The first kappa shape index (κ1) is 16.4. The van der Waals surface area contributed by atoms with E-state index >= 15 is 0 Å². The van der Waals surface area contributed by atoms with Crippen LogP contribution in [0.1, 0.15) is 32.6 Å². The smallest absolute Gasteiger partial charge is 0.237 e. The fraction of sp³-hybridized carbons (Fsp3) is 0.929. The van der Waals surface area contributed by atoms with Crippen molar-refractivity contribution < 1.29 is 4.79 Å². The van der Waals surface area contributed by atoms with Crippen LogP contribution in [0.25, 0.3) is 0 Å². The Morgan fingerprint density at radius 2 is 1.89 bits per heavy atom. The molecule has 1 aliphatic carbocycles. The summed E-state index contributed by atoms with van der Waals surface area (Å²) in [4.78, 5) is 16.1. The van der Waals surface area contributed by atoms with Crippen LogP contribution in [0.4, 0.5) is 0 Å². The lowest BCUT2D eigenvalue weighted by Crippen LogP contribution is -2.54. The molecule has 0 saturated heterocycles. The normalized spacial score (nSPS) is 18.8. The molecule has 0 aromatic rings. The number of rotatable bonds is 10. The fourth-order valence-electron chi connectivity index (χ4n) is 2.13. The molecule has 0 radical (unpaired) electrons. The molecule has 0 aliphatic heterocycles. The van der Waals surface area contributed by atoms with Gasteiger partial charge >= 0.3 is 0 Å². The number of hydrogen-bond donors (Lipinski definition) is 2. The third-order valence-electron chi connectivity index (χ3n) is 3.79. The molecule has 0 heterocycles. The van der Waals surface area contributed by atoms with E-state index < -0.39 is 5.54 Å². The summed E-state index contributed by atoms with van der Waals surface area (Å²) in [5.74, 6) is -0.227. The van der Waals surface area contributed by atoms with Crippen molar-refractivity contribution in [1.82, 2.24) is 15.1 Å². The van der Waals surface area contributed by atoms with Gasteiger partial charge in [-0.15, -0.1) is 0 Å². The lowest BCUT2D eigenvalue weighted by Gasteiger charge is -2.28. The molecule has 19 heavy (non-hydrogen) atoms. The van der Waals surface area contributed by atoms with E-state index in [1.54, 1.807) is 0 Å². The molecule has 0 aromatic carbocycles. The zero-order chi connectivity index (χ0) is 14.5. The number of carbonyl (C=O) groups excluding carboxylic acids is 1. The molecule has 1 aliphatic rings. The maximum absolute atomic E-state index is 11.6. The van der Waals surface area contributed by atoms with Gasteiger partial charge in [0, 0.05) is 19.1 Å². The molecule has 0 bridgehead atoms. The number of hydrogen-bond acceptors (Lipinski definition) is 4. The van der Waals surface area contributed by atoms with E-state index in [1.165, 1.54) is 12.8 Å². The van der Waals surface area contributed by atoms with Gasteiger partial charge in [-0.25, -0.2) is 0 Å². The third-order valence-corrected chi connectivity index (χ3v) is 3.79. The van der Waals surface area contributed by atoms with Crippen molar-refractivity contribution in [1.29, 1.82) is 0 Å². The monoisotopic (exact) mass is 270 g/mol. The minimum atomic E-state index is -0.538. The second kappa shape index (κ2) is 7.22. The maximum atomic E-state index is 11.6. The van der Waals surface area contributed by atoms with Gasteiger partial charge in [0.05, 0.1) is 5.54 Å². The quantitative estimate of drug-likeness (QED) is 0.598. The highest BCUT2D eigenvalue weighted by molar-refractivity contribution is 5.84. The van der Waals surface area contributed by atoms with Gasteiger partial charge in [-0.05, 0) is 60.3 Å². The van der Waals surface area contributed by atoms with Crippen LogP contribution >= 0.6 is 0 Å². The molecule has 5 heteroatoms. The third kappa shape index (κ3) is 6.36. The molecule has 5 nitrogen and oxygen atoms in total. The van der Waals surface area contributed by atoms with Gasteiger partial charge in [-0.1, -0.05) is 0 Å². The number of amides is 1. The summed E-state index contributed by atoms with van der Waals surface area (Å²) >= 11 is 0. The Bertz CT molecular complexity index is 291. The standard InChI is InChI=1S/C14H30N4O/c1-14(13(15)19,16-12-6-7-12)8-5-9-18(4)11-10-17(2)3/h12,16H,5-11H2,1-4H3,(H2,15,19). The average Bonchev–Trinajstić information content (AvgIpc) is 3.10. The zero-order valence-electron chi connectivity index (χ0n) is 12.9. The SMILES string of the molecule is CN(C)CCN(C)CCCC(C)(NC1CC1)C(N)=O. The summed E-state index contributed by atoms with van der Waals surface area (Å²) in [7, 11) is 6.29. The van der Waals surface area contributed by atoms with Gasteiger partial charge < -0.3 is 20.9 Å². The van der Waals surface area contributed by atoms with Crippen molar-refractivity contribution in [3.63, 3.8) is 0 Å². The largest absolute Gasteiger partial charge is 0.368 e. The molecule has 3 N–H and O–H groups in total. The van der Waals surface area contributed by atoms with Crippen LogP contribution in [-0.4, -0.2) is 68.1 Å². The number of primary amides is 1. The number of carbonyl (C=O) groups is 1. The van der Waals surface area contributed by atoms with Gasteiger partial charge in [0.1, 0.15) is 0 Å². The lowest BCUT2D eigenvalue weighted by molar-refractivity contribution is -0.124. The van der Waals surface area contributed by atoms with Crippen LogP contribution in [-0.2, 0) is 4.79 Å². The van der Waals surface area contributed by atoms with E-state index in [9.17, 15) is 4.79 Å². The first-order valence-electron chi connectivity index (χ1n) is 7.24. The highest BCUT2D eigenvalue weighted by Crippen LogP contribution is 2.24. The highest BCUT2D eigenvalue weighted by Gasteiger charge is 2.36. The zero-order valence-corrected chi connectivity index (χ0v) is 12.9. The van der Waals surface area contributed by atoms with Crippen LogP contribution in [0.2, 0.25) is 0 Å². The van der Waals surface area contributed by atoms with E-state index in [-0.39, 0.29) is 5.91 Å². The van der Waals surface area contributed by atoms with E-state index in [0.29, 0.717) is 6.04 Å². The van der Waals surface area contributed by atoms with E-state index in [4.69, 9.17) is 5.73 Å². The van der Waals surface area contributed by atoms with Crippen molar-refractivity contribution in [2.75, 3.05) is 40.8 Å². The number of nitrogens with zero attached hydrogens (tertiary/aromatic N) is 2. The summed E-state index contributed by atoms with van der Waals surface area (Å²) in [6.07, 6.45) is 4.14. The average molecular weight is 270 g/mol. The van der Waals surface area contributed by atoms with E-state index in [0.717, 1.165) is 32.5 Å². The van der Waals surface area contributed by atoms with Gasteiger partial charge in [0.15, 0.2) is 0 Å². The van der Waals surface area contributed by atoms with Gasteiger partial charge in [-0.2, -0.15) is 0 Å². The Morgan fingerprint density at radius 3 is 2.37 bits per heavy atom. The molecular formula is C14H30N4O. The maximum Gasteiger partial charge on any atom is 0.237 e. The van der Waals surface area contributed by atoms with Crippen molar-refractivity contribution in [3.05, 3.63) is 0 Å². The molecule has 1 unspecified atom stereocenters. The molecule has 0 spiro atoms. The van der Waals surface area contributed by atoms with E-state index in [2.05, 4.69) is 36.3 Å². The molecule has 1 atom stereocenters. The molecule has 1 fully saturated rings. The minimum absolute atomic E-state index is 0.227. The Kier molecular flexibility index (Phi) is 6.23. The summed E-state index contributed by atoms with van der Waals surface area (Å²) in [6, 6.07) is 0.504. The number of nitrogens with one attached hydrogen (secondary N) is 1. The lowest BCUT2D eigenvalue weighted by atomic mass is 9.94.